The van der Waals surface area contributed by atoms with E-state index in [1.807, 2.05) is 0 Å². The van der Waals surface area contributed by atoms with Crippen molar-refractivity contribution < 1.29 is 34.4 Å². The average Bonchev–Trinajstić information content (AvgIpc) is 3.15. The van der Waals surface area contributed by atoms with Crippen molar-refractivity contribution in [2.24, 2.45) is 0 Å². The molecule has 0 unspecified atom stereocenters. The Hall–Kier alpha value is -2.82. The second-order valence-corrected chi connectivity index (χ2v) is 8.33. The predicted octanol–water partition coefficient (Wildman–Crippen LogP) is 4.68. The third-order valence-electron chi connectivity index (χ3n) is 4.14. The van der Waals surface area contributed by atoms with Crippen molar-refractivity contribution in [3.63, 3.8) is 0 Å². The van der Waals surface area contributed by atoms with Gasteiger partial charge in [-0.05, 0) is 32.0 Å². The monoisotopic (exact) mass is 520 g/mol. The molecule has 0 aliphatic rings. The summed E-state index contributed by atoms with van der Waals surface area (Å²) in [6, 6.07) is 5.79. The Bertz CT molecular complexity index is 1230. The van der Waals surface area contributed by atoms with Crippen LogP contribution in [0.3, 0.4) is 0 Å². The molecule has 0 radical (unpaired) electrons. The molecule has 7 nitrogen and oxygen atoms in total. The van der Waals surface area contributed by atoms with Crippen LogP contribution in [0.1, 0.15) is 40.4 Å². The Morgan fingerprint density at radius 3 is 2.45 bits per heavy atom. The molecule has 0 saturated carbocycles. The summed E-state index contributed by atoms with van der Waals surface area (Å²) in [5.74, 6) is -1.76. The van der Waals surface area contributed by atoms with E-state index in [0.29, 0.717) is 10.7 Å². The topological polar surface area (TPSA) is 88.9 Å². The SMILES string of the molecule is CC(C)NC(=O)c1cc(Cl)cc(Cl)c1NC(=O)c1cc(C(F)(F)F)nn1-c1ncccc1[ClH+]. The largest absolute Gasteiger partial charge is 0.435 e. The number of carbonyl (C=O) groups is 2. The molecule has 1 aromatic carbocycles. The van der Waals surface area contributed by atoms with E-state index in [1.165, 1.54) is 30.5 Å². The summed E-state index contributed by atoms with van der Waals surface area (Å²) in [6.07, 6.45) is -3.54. The van der Waals surface area contributed by atoms with Crippen molar-refractivity contribution in [1.29, 1.82) is 0 Å². The summed E-state index contributed by atoms with van der Waals surface area (Å²) < 4.78 is 40.7. The van der Waals surface area contributed by atoms with Crippen LogP contribution in [0, 0.1) is 11.6 Å². The molecule has 13 heteroatoms. The van der Waals surface area contributed by atoms with Gasteiger partial charge in [-0.25, -0.2) is 9.67 Å². The van der Waals surface area contributed by atoms with Gasteiger partial charge in [-0.15, -0.1) is 0 Å². The molecule has 0 fully saturated rings. The van der Waals surface area contributed by atoms with Gasteiger partial charge in [-0.3, -0.25) is 9.59 Å². The fourth-order valence-corrected chi connectivity index (χ4v) is 3.54. The molecule has 0 bridgehead atoms. The number of nitrogens with zero attached hydrogens (tertiary/aromatic N) is 3. The summed E-state index contributed by atoms with van der Waals surface area (Å²) in [4.78, 5) is 29.6. The molecule has 3 aromatic rings. The number of anilines is 1. The van der Waals surface area contributed by atoms with E-state index < -0.39 is 29.4 Å². The van der Waals surface area contributed by atoms with Crippen LogP contribution in [0.2, 0.25) is 15.1 Å². The molecule has 2 N–H and O–H groups in total. The predicted molar refractivity (Wildman–Crippen MR) is 114 cm³/mol. The molecule has 2 heterocycles. The number of hydrogen-bond acceptors (Lipinski definition) is 4. The van der Waals surface area contributed by atoms with Gasteiger partial charge in [0.1, 0.15) is 5.69 Å². The smallest absolute Gasteiger partial charge is 0.350 e. The minimum absolute atomic E-state index is 0.0709. The maximum Gasteiger partial charge on any atom is 0.435 e. The van der Waals surface area contributed by atoms with Crippen molar-refractivity contribution in [3.8, 4) is 5.82 Å². The van der Waals surface area contributed by atoms with Gasteiger partial charge >= 0.3 is 6.18 Å². The molecular formula is C20H16Cl3F3N5O2+. The maximum absolute atomic E-state index is 13.3. The van der Waals surface area contributed by atoms with Gasteiger partial charge in [0.15, 0.2) is 17.3 Å². The number of pyridine rings is 1. The lowest BCUT2D eigenvalue weighted by atomic mass is 10.1. The Morgan fingerprint density at radius 2 is 1.85 bits per heavy atom. The third-order valence-corrected chi connectivity index (χ3v) is 4.98. The lowest BCUT2D eigenvalue weighted by Gasteiger charge is -2.15. The Kier molecular flexibility index (Phi) is 7.20. The van der Waals surface area contributed by atoms with Gasteiger partial charge in [0.2, 0.25) is 5.82 Å². The van der Waals surface area contributed by atoms with Gasteiger partial charge in [0.05, 0.1) is 16.3 Å². The van der Waals surface area contributed by atoms with Crippen LogP contribution in [-0.4, -0.2) is 32.6 Å². The summed E-state index contributed by atoms with van der Waals surface area (Å²) >= 11 is 17.3. The zero-order valence-electron chi connectivity index (χ0n) is 17.0. The highest BCUT2D eigenvalue weighted by molar-refractivity contribution is 6.38. The molecular weight excluding hydrogens is 506 g/mol. The van der Waals surface area contributed by atoms with E-state index in [9.17, 15) is 22.8 Å². The van der Waals surface area contributed by atoms with Gasteiger partial charge in [-0.2, -0.15) is 18.3 Å². The zero-order valence-corrected chi connectivity index (χ0v) is 19.3. The highest BCUT2D eigenvalue weighted by Gasteiger charge is 2.37. The van der Waals surface area contributed by atoms with E-state index in [-0.39, 0.29) is 38.2 Å². The molecule has 0 saturated heterocycles. The van der Waals surface area contributed by atoms with E-state index in [4.69, 9.17) is 34.8 Å². The van der Waals surface area contributed by atoms with Gasteiger partial charge in [-0.1, -0.05) is 23.2 Å². The Morgan fingerprint density at radius 1 is 1.15 bits per heavy atom. The zero-order chi connectivity index (χ0) is 24.5. The van der Waals surface area contributed by atoms with E-state index >= 15 is 0 Å². The molecule has 0 spiro atoms. The highest BCUT2D eigenvalue weighted by atomic mass is 35.5. The van der Waals surface area contributed by atoms with E-state index in [2.05, 4.69) is 20.7 Å². The summed E-state index contributed by atoms with van der Waals surface area (Å²) in [5, 5.41) is 8.62. The number of carbonyl (C=O) groups excluding carboxylic acids is 2. The fourth-order valence-electron chi connectivity index (χ4n) is 2.78. The molecule has 3 rings (SSSR count). The van der Waals surface area contributed by atoms with E-state index in [0.717, 1.165) is 0 Å². The first kappa shape index (κ1) is 24.8. The van der Waals surface area contributed by atoms with Crippen molar-refractivity contribution >= 4 is 40.7 Å². The Balaban J connectivity index is 2.10. The first-order valence-electron chi connectivity index (χ1n) is 9.29. The summed E-state index contributed by atoms with van der Waals surface area (Å²) in [5.41, 5.74) is -2.05. The summed E-state index contributed by atoms with van der Waals surface area (Å²) in [7, 11) is 0. The van der Waals surface area contributed by atoms with Crippen LogP contribution in [0.25, 0.3) is 5.82 Å². The number of aromatic nitrogens is 3. The molecule has 0 aliphatic heterocycles. The molecule has 33 heavy (non-hydrogen) atoms. The van der Waals surface area contributed by atoms with Gasteiger partial charge in [0, 0.05) is 29.4 Å². The van der Waals surface area contributed by atoms with Crippen LogP contribution >= 0.6 is 23.2 Å². The third kappa shape index (κ3) is 5.58. The van der Waals surface area contributed by atoms with Crippen LogP contribution < -0.4 is 10.6 Å². The van der Waals surface area contributed by atoms with E-state index in [1.54, 1.807) is 13.8 Å². The first-order chi connectivity index (χ1) is 15.4. The highest BCUT2D eigenvalue weighted by Crippen LogP contribution is 2.33. The second-order valence-electron chi connectivity index (χ2n) is 7.04. The van der Waals surface area contributed by atoms with Crippen molar-refractivity contribution in [3.05, 3.63) is 68.5 Å². The van der Waals surface area contributed by atoms with Crippen molar-refractivity contribution in [2.75, 3.05) is 5.32 Å². The van der Waals surface area contributed by atoms with Crippen molar-refractivity contribution in [1.82, 2.24) is 20.1 Å². The van der Waals surface area contributed by atoms with Crippen LogP contribution in [0.4, 0.5) is 18.9 Å². The Labute approximate surface area is 200 Å². The molecule has 174 valence electrons. The number of halogens is 6. The van der Waals surface area contributed by atoms with Gasteiger partial charge < -0.3 is 10.6 Å². The fraction of sp³-hybridized carbons (Fsp3) is 0.200. The van der Waals surface area contributed by atoms with Crippen LogP contribution in [0.5, 0.6) is 0 Å². The van der Waals surface area contributed by atoms with Gasteiger partial charge in [0.25, 0.3) is 16.8 Å². The lowest BCUT2D eigenvalue weighted by Crippen LogP contribution is -2.31. The number of amides is 2. The standard InChI is InChI=1S/C20H15Cl3F3N5O2/c1-9(2)28-18(32)11-6-10(21)7-13(23)16(11)29-19(33)14-8-15(20(24,25)26)30-31(14)17-12(22)4-3-5-27-17/h3-9,22H,1-2H3,(H-,28,29,32,33)/p+1. The second kappa shape index (κ2) is 9.58. The quantitative estimate of drug-likeness (QED) is 0.510. The minimum atomic E-state index is -4.84. The summed E-state index contributed by atoms with van der Waals surface area (Å²) in [6.45, 7) is 3.44. The maximum atomic E-state index is 13.3. The number of benzene rings is 1. The normalized spacial score (nSPS) is 11.5. The number of nitrogens with one attached hydrogen (secondary N) is 2. The van der Waals surface area contributed by atoms with Crippen LogP contribution in [-0.2, 0) is 6.18 Å². The molecule has 0 aliphatic carbocycles. The molecule has 2 aromatic heterocycles. The minimum Gasteiger partial charge on any atom is -0.350 e. The average molecular weight is 522 g/mol. The lowest BCUT2D eigenvalue weighted by molar-refractivity contribution is -0.289. The number of rotatable bonds is 5. The molecule has 0 atom stereocenters. The first-order valence-corrected chi connectivity index (χ1v) is 10.5. The van der Waals surface area contributed by atoms with Crippen molar-refractivity contribution in [2.45, 2.75) is 26.1 Å². The number of alkyl halides is 3. The molecule has 2 amide bonds. The van der Waals surface area contributed by atoms with Crippen LogP contribution in [0.15, 0.2) is 36.5 Å². The number of hydrogen-bond donors (Lipinski definition) is 2.